The normalized spacial score (nSPS) is 14.0. The highest BCUT2D eigenvalue weighted by Crippen LogP contribution is 2.43. The number of aliphatic hydroxyl groups is 2. The van der Waals surface area contributed by atoms with Crippen molar-refractivity contribution < 1.29 is 43.0 Å². The Hall–Kier alpha value is -0.800. The van der Waals surface area contributed by atoms with Crippen LogP contribution < -0.4 is 0 Å². The zero-order chi connectivity index (χ0) is 41.8. The zero-order valence-corrected chi connectivity index (χ0v) is 38.2. The Morgan fingerprint density at radius 3 is 1.32 bits per heavy atom. The fraction of sp³-hybridized carbons (Fsp3) is 0.936. The highest BCUT2D eigenvalue weighted by atomic mass is 31.2. The van der Waals surface area contributed by atoms with Crippen molar-refractivity contribution in [3.63, 3.8) is 0 Å². The maximum Gasteiger partial charge on any atom is 0.472 e. The molecule has 340 valence electrons. The van der Waals surface area contributed by atoms with Crippen molar-refractivity contribution in [2.45, 2.75) is 251 Å². The molecule has 0 aliphatic rings. The standard InChI is InChI=1S/C47H93O9P/c1-3-5-7-9-11-13-15-17-19-20-21-22-23-24-25-26-28-30-32-34-36-38-40-53-43-46(44-55-57(51,52)54-42-45(49)41-48)56-47(50)39-37-35-33-31-29-27-18-16-14-12-10-8-6-4-2/h16,18,45-46,48-49H,3-15,17,19-44H2,1-2H3,(H,51,52)/b18-16-. The van der Waals surface area contributed by atoms with Gasteiger partial charge in [0.05, 0.1) is 26.4 Å². The Morgan fingerprint density at radius 1 is 0.526 bits per heavy atom. The van der Waals surface area contributed by atoms with E-state index in [1.807, 2.05) is 0 Å². The van der Waals surface area contributed by atoms with Crippen LogP contribution in [0.5, 0.6) is 0 Å². The van der Waals surface area contributed by atoms with Gasteiger partial charge < -0.3 is 24.6 Å². The van der Waals surface area contributed by atoms with E-state index in [0.29, 0.717) is 6.61 Å². The van der Waals surface area contributed by atoms with Gasteiger partial charge >= 0.3 is 13.8 Å². The molecule has 0 aliphatic carbocycles. The van der Waals surface area contributed by atoms with Crippen LogP contribution in [0, 0.1) is 0 Å². The van der Waals surface area contributed by atoms with Crippen molar-refractivity contribution in [2.24, 2.45) is 0 Å². The molecular weight excluding hydrogens is 739 g/mol. The van der Waals surface area contributed by atoms with Crippen LogP contribution in [0.1, 0.15) is 239 Å². The number of rotatable bonds is 47. The maximum absolute atomic E-state index is 12.6. The highest BCUT2D eigenvalue weighted by Gasteiger charge is 2.26. The maximum atomic E-state index is 12.6. The Kier molecular flexibility index (Phi) is 44.1. The van der Waals surface area contributed by atoms with Gasteiger partial charge in [-0.25, -0.2) is 4.57 Å². The van der Waals surface area contributed by atoms with E-state index in [0.717, 1.165) is 51.4 Å². The number of hydrogen-bond donors (Lipinski definition) is 3. The van der Waals surface area contributed by atoms with E-state index in [-0.39, 0.29) is 25.6 Å². The fourth-order valence-electron chi connectivity index (χ4n) is 7.00. The molecule has 10 heteroatoms. The molecule has 0 spiro atoms. The highest BCUT2D eigenvalue weighted by molar-refractivity contribution is 7.47. The van der Waals surface area contributed by atoms with Gasteiger partial charge in [-0.2, -0.15) is 0 Å². The van der Waals surface area contributed by atoms with E-state index in [1.54, 1.807) is 0 Å². The van der Waals surface area contributed by atoms with Gasteiger partial charge in [0, 0.05) is 13.0 Å². The zero-order valence-electron chi connectivity index (χ0n) is 37.3. The number of ether oxygens (including phenoxy) is 2. The van der Waals surface area contributed by atoms with Crippen molar-refractivity contribution in [3.05, 3.63) is 12.2 Å². The van der Waals surface area contributed by atoms with Crippen LogP contribution >= 0.6 is 7.82 Å². The summed E-state index contributed by atoms with van der Waals surface area (Å²) in [7, 11) is -4.52. The summed E-state index contributed by atoms with van der Waals surface area (Å²) >= 11 is 0. The molecule has 0 rings (SSSR count). The molecule has 3 unspecified atom stereocenters. The number of carbonyl (C=O) groups excluding carboxylic acids is 1. The van der Waals surface area contributed by atoms with Crippen LogP contribution in [0.3, 0.4) is 0 Å². The second kappa shape index (κ2) is 44.7. The average molecular weight is 833 g/mol. The third-order valence-corrected chi connectivity index (χ3v) is 11.7. The van der Waals surface area contributed by atoms with Crippen LogP contribution in [0.25, 0.3) is 0 Å². The second-order valence-electron chi connectivity index (χ2n) is 16.5. The first-order chi connectivity index (χ1) is 27.8. The van der Waals surface area contributed by atoms with E-state index >= 15 is 0 Å². The number of esters is 1. The predicted molar refractivity (Wildman–Crippen MR) is 238 cm³/mol. The third kappa shape index (κ3) is 44.6. The first-order valence-electron chi connectivity index (χ1n) is 24.2. The molecule has 9 nitrogen and oxygen atoms in total. The van der Waals surface area contributed by atoms with E-state index < -0.39 is 33.2 Å². The molecule has 0 saturated carbocycles. The van der Waals surface area contributed by atoms with Crippen molar-refractivity contribution in [1.82, 2.24) is 0 Å². The molecule has 0 bridgehead atoms. The minimum Gasteiger partial charge on any atom is -0.457 e. The molecule has 0 amide bonds. The Bertz CT molecular complexity index is 902. The monoisotopic (exact) mass is 833 g/mol. The number of hydrogen-bond acceptors (Lipinski definition) is 8. The Balaban J connectivity index is 4.03. The molecule has 0 aromatic carbocycles. The number of unbranched alkanes of at least 4 members (excludes halogenated alkanes) is 31. The lowest BCUT2D eigenvalue weighted by Gasteiger charge is -2.20. The fourth-order valence-corrected chi connectivity index (χ4v) is 7.79. The lowest BCUT2D eigenvalue weighted by Crippen LogP contribution is -2.29. The van der Waals surface area contributed by atoms with E-state index in [2.05, 4.69) is 26.0 Å². The van der Waals surface area contributed by atoms with Gasteiger partial charge in [-0.3, -0.25) is 13.8 Å². The Morgan fingerprint density at radius 2 is 0.895 bits per heavy atom. The van der Waals surface area contributed by atoms with Crippen LogP contribution in [-0.4, -0.2) is 66.3 Å². The summed E-state index contributed by atoms with van der Waals surface area (Å²) in [5.41, 5.74) is 0. The minimum atomic E-state index is -4.52. The molecule has 0 aromatic rings. The second-order valence-corrected chi connectivity index (χ2v) is 17.9. The number of phosphoric ester groups is 1. The molecule has 0 heterocycles. The first-order valence-corrected chi connectivity index (χ1v) is 25.7. The molecular formula is C47H93O9P. The van der Waals surface area contributed by atoms with Gasteiger partial charge in [-0.15, -0.1) is 0 Å². The van der Waals surface area contributed by atoms with Gasteiger partial charge in [0.25, 0.3) is 0 Å². The van der Waals surface area contributed by atoms with Crippen molar-refractivity contribution >= 4 is 13.8 Å². The van der Waals surface area contributed by atoms with Crippen molar-refractivity contribution in [1.29, 1.82) is 0 Å². The van der Waals surface area contributed by atoms with Gasteiger partial charge in [-0.1, -0.05) is 206 Å². The lowest BCUT2D eigenvalue weighted by atomic mass is 10.0. The van der Waals surface area contributed by atoms with Gasteiger partial charge in [0.2, 0.25) is 0 Å². The molecule has 0 aliphatic heterocycles. The minimum absolute atomic E-state index is 0.0521. The number of aliphatic hydroxyl groups excluding tert-OH is 2. The van der Waals surface area contributed by atoms with E-state index in [9.17, 15) is 19.4 Å². The predicted octanol–water partition coefficient (Wildman–Crippen LogP) is 13.7. The smallest absolute Gasteiger partial charge is 0.457 e. The van der Waals surface area contributed by atoms with Crippen LogP contribution in [0.4, 0.5) is 0 Å². The molecule has 57 heavy (non-hydrogen) atoms. The average Bonchev–Trinajstić information content (AvgIpc) is 3.20. The molecule has 0 fully saturated rings. The third-order valence-electron chi connectivity index (χ3n) is 10.7. The number of carbonyl (C=O) groups is 1. The van der Waals surface area contributed by atoms with Gasteiger partial charge in [-0.05, 0) is 38.5 Å². The van der Waals surface area contributed by atoms with Crippen LogP contribution in [0.2, 0.25) is 0 Å². The van der Waals surface area contributed by atoms with Gasteiger partial charge in [0.1, 0.15) is 12.2 Å². The largest absolute Gasteiger partial charge is 0.472 e. The molecule has 3 atom stereocenters. The van der Waals surface area contributed by atoms with E-state index in [4.69, 9.17) is 23.6 Å². The summed E-state index contributed by atoms with van der Waals surface area (Å²) in [5, 5.41) is 18.4. The first kappa shape index (κ1) is 56.2. The summed E-state index contributed by atoms with van der Waals surface area (Å²) in [6.07, 6.45) is 46.1. The quantitative estimate of drug-likeness (QED) is 0.0237. The Labute approximate surface area is 351 Å². The summed E-state index contributed by atoms with van der Waals surface area (Å²) in [6.45, 7) is 3.55. The lowest BCUT2D eigenvalue weighted by molar-refractivity contribution is -0.154. The van der Waals surface area contributed by atoms with Crippen molar-refractivity contribution in [3.8, 4) is 0 Å². The molecule has 3 N–H and O–H groups in total. The summed E-state index contributed by atoms with van der Waals surface area (Å²) < 4.78 is 33.4. The van der Waals surface area contributed by atoms with Gasteiger partial charge in [0.15, 0.2) is 0 Å². The van der Waals surface area contributed by atoms with Crippen molar-refractivity contribution in [2.75, 3.05) is 33.0 Å². The summed E-state index contributed by atoms with van der Waals surface area (Å²) in [4.78, 5) is 22.6. The summed E-state index contributed by atoms with van der Waals surface area (Å²) in [6, 6.07) is 0. The number of allylic oxidation sites excluding steroid dienone is 2. The van der Waals surface area contributed by atoms with E-state index in [1.165, 1.54) is 167 Å². The van der Waals surface area contributed by atoms with Crippen LogP contribution in [-0.2, 0) is 27.9 Å². The molecule has 0 radical (unpaired) electrons. The topological polar surface area (TPSA) is 132 Å². The van der Waals surface area contributed by atoms with Crippen LogP contribution in [0.15, 0.2) is 12.2 Å². The SMILES string of the molecule is CCCCCCC/C=C\CCCCCCCC(=O)OC(COCCCCCCCCCCCCCCCCCCCCCCCC)COP(=O)(O)OCC(O)CO. The summed E-state index contributed by atoms with van der Waals surface area (Å²) in [5.74, 6) is -0.386. The molecule has 0 aromatic heterocycles. The number of phosphoric acid groups is 1. The molecule has 0 saturated heterocycles.